The number of hydrogen-bond donors (Lipinski definition) is 2. The van der Waals surface area contributed by atoms with E-state index < -0.39 is 23.1 Å². The van der Waals surface area contributed by atoms with Gasteiger partial charge in [0.2, 0.25) is 0 Å². The Morgan fingerprint density at radius 1 is 1.25 bits per heavy atom. The normalized spacial score (nSPS) is 16.1. The van der Waals surface area contributed by atoms with Gasteiger partial charge < -0.3 is 24.9 Å². The highest BCUT2D eigenvalue weighted by Gasteiger charge is 2.52. The lowest BCUT2D eigenvalue weighted by Crippen LogP contribution is -2.65. The quantitative estimate of drug-likeness (QED) is 0.553. The van der Waals surface area contributed by atoms with E-state index in [-0.39, 0.29) is 36.8 Å². The number of likely N-dealkylation sites (tertiary alicyclic amines) is 1. The number of aromatic carboxylic acids is 1. The largest absolute Gasteiger partial charge is 0.478 e. The molecule has 0 radical (unpaired) electrons. The maximum absolute atomic E-state index is 13.8. The van der Waals surface area contributed by atoms with Gasteiger partial charge in [0.1, 0.15) is 28.5 Å². The van der Waals surface area contributed by atoms with E-state index >= 15 is 0 Å². The molecule has 1 aliphatic carbocycles. The average molecular weight is 494 g/mol. The smallest absolute Gasteiger partial charge is 0.410 e. The minimum atomic E-state index is -1.10. The summed E-state index contributed by atoms with van der Waals surface area (Å²) in [5.41, 5.74) is 8.20. The molecule has 1 aliphatic heterocycles. The molecule has 36 heavy (non-hydrogen) atoms. The van der Waals surface area contributed by atoms with Crippen molar-refractivity contribution in [2.45, 2.75) is 44.6 Å². The minimum Gasteiger partial charge on any atom is -0.478 e. The highest BCUT2D eigenvalue weighted by Crippen LogP contribution is 2.46. The molecule has 1 aromatic carbocycles. The number of carbonyl (C=O) groups is 2. The number of halogens is 1. The first-order valence-electron chi connectivity index (χ1n) is 11.8. The maximum atomic E-state index is 13.8. The molecule has 3 aromatic rings. The van der Waals surface area contributed by atoms with Crippen molar-refractivity contribution in [2.75, 3.05) is 19.6 Å². The van der Waals surface area contributed by atoms with Crippen LogP contribution < -0.4 is 5.73 Å². The van der Waals surface area contributed by atoms with E-state index in [9.17, 15) is 19.1 Å². The molecule has 2 aliphatic rings. The van der Waals surface area contributed by atoms with Crippen LogP contribution in [0.2, 0.25) is 0 Å². The number of furan rings is 1. The zero-order valence-electron chi connectivity index (χ0n) is 20.4. The number of nitrogens with zero attached hydrogens (tertiary/aromatic N) is 2. The van der Waals surface area contributed by atoms with Crippen molar-refractivity contribution in [3.05, 3.63) is 64.8 Å². The molecule has 0 atom stereocenters. The van der Waals surface area contributed by atoms with Crippen LogP contribution in [0, 0.1) is 5.82 Å². The van der Waals surface area contributed by atoms with Crippen LogP contribution in [0.3, 0.4) is 0 Å². The fraction of sp³-hybridized carbons (Fsp3) is 0.370. The number of fused-ring (bicyclic) bond motifs is 3. The lowest BCUT2D eigenvalue weighted by Gasteiger charge is -2.48. The Kier molecular flexibility index (Phi) is 5.63. The monoisotopic (exact) mass is 493 g/mol. The number of hydrogen-bond acceptors (Lipinski definition) is 6. The van der Waals surface area contributed by atoms with Crippen molar-refractivity contribution in [3.8, 4) is 22.6 Å². The number of pyridine rings is 1. The van der Waals surface area contributed by atoms with Gasteiger partial charge in [-0.05, 0) is 57.4 Å². The first-order chi connectivity index (χ1) is 17.0. The second-order valence-electron chi connectivity index (χ2n) is 10.5. The second-order valence-corrected chi connectivity index (χ2v) is 10.5. The molecule has 2 aromatic heterocycles. The molecular weight excluding hydrogens is 465 g/mol. The third-order valence-corrected chi connectivity index (χ3v) is 6.73. The van der Waals surface area contributed by atoms with Crippen LogP contribution in [-0.2, 0) is 23.0 Å². The summed E-state index contributed by atoms with van der Waals surface area (Å²) in [5, 5.41) is 10.2. The molecule has 1 amide bonds. The number of aryl methyl sites for hydroxylation is 1. The molecule has 188 valence electrons. The number of aromatic nitrogens is 1. The van der Waals surface area contributed by atoms with E-state index in [1.165, 1.54) is 17.0 Å². The van der Waals surface area contributed by atoms with Gasteiger partial charge in [0.05, 0.1) is 11.1 Å². The SMILES string of the molecule is CC(C)(C)OC(=O)N1CC(CN)(c2oc3c(c2C(=O)O)CCc2cnc(-c4cccc(F)c4)cc2-3)C1. The maximum Gasteiger partial charge on any atom is 0.410 e. The highest BCUT2D eigenvalue weighted by molar-refractivity contribution is 5.94. The average Bonchev–Trinajstić information content (AvgIpc) is 3.18. The number of nitrogens with two attached hydrogens (primary N) is 1. The van der Waals surface area contributed by atoms with Crippen LogP contribution in [0.1, 0.15) is 48.0 Å². The van der Waals surface area contributed by atoms with Gasteiger partial charge in [-0.1, -0.05) is 12.1 Å². The summed E-state index contributed by atoms with van der Waals surface area (Å²) < 4.78 is 25.6. The standard InChI is InChI=1S/C27H28FN3O5/c1-26(2,3)36-25(34)31-13-27(12-29,14-31)23-21(24(32)33)18-8-7-16-11-30-20(10-19(16)22(18)35-23)15-5-4-6-17(28)9-15/h4-6,9-11H,7-8,12-14,29H2,1-3H3,(H,32,33). The lowest BCUT2D eigenvalue weighted by molar-refractivity contribution is -0.0123. The Balaban J connectivity index is 1.55. The summed E-state index contributed by atoms with van der Waals surface area (Å²) in [7, 11) is 0. The van der Waals surface area contributed by atoms with Crippen LogP contribution in [0.15, 0.2) is 40.9 Å². The number of amides is 1. The summed E-state index contributed by atoms with van der Waals surface area (Å²) in [6, 6.07) is 7.95. The highest BCUT2D eigenvalue weighted by atomic mass is 19.1. The van der Waals surface area contributed by atoms with Gasteiger partial charge in [-0.15, -0.1) is 0 Å². The van der Waals surface area contributed by atoms with Crippen molar-refractivity contribution in [2.24, 2.45) is 5.73 Å². The van der Waals surface area contributed by atoms with E-state index in [1.807, 2.05) is 6.07 Å². The number of carboxylic acid groups (broad SMARTS) is 1. The number of benzene rings is 1. The number of carboxylic acids is 1. The fourth-order valence-corrected chi connectivity index (χ4v) is 4.99. The van der Waals surface area contributed by atoms with E-state index in [0.717, 1.165) is 11.1 Å². The van der Waals surface area contributed by atoms with Crippen LogP contribution >= 0.6 is 0 Å². The van der Waals surface area contributed by atoms with Crippen molar-refractivity contribution < 1.29 is 28.2 Å². The fourth-order valence-electron chi connectivity index (χ4n) is 4.99. The number of carbonyl (C=O) groups excluding carboxylic acids is 1. The summed E-state index contributed by atoms with van der Waals surface area (Å²) >= 11 is 0. The number of ether oxygens (including phenoxy) is 1. The predicted molar refractivity (Wildman–Crippen MR) is 130 cm³/mol. The van der Waals surface area contributed by atoms with Gasteiger partial charge in [-0.2, -0.15) is 0 Å². The molecular formula is C27H28FN3O5. The van der Waals surface area contributed by atoms with Crippen molar-refractivity contribution in [1.82, 2.24) is 9.88 Å². The van der Waals surface area contributed by atoms with E-state index in [2.05, 4.69) is 4.98 Å². The van der Waals surface area contributed by atoms with Crippen molar-refractivity contribution >= 4 is 12.1 Å². The zero-order valence-corrected chi connectivity index (χ0v) is 20.4. The second kappa shape index (κ2) is 8.44. The molecule has 3 N–H and O–H groups in total. The van der Waals surface area contributed by atoms with Gasteiger partial charge in [-0.3, -0.25) is 4.98 Å². The van der Waals surface area contributed by atoms with E-state index in [0.29, 0.717) is 35.4 Å². The van der Waals surface area contributed by atoms with Gasteiger partial charge in [0, 0.05) is 42.5 Å². The van der Waals surface area contributed by atoms with Crippen LogP contribution in [0.25, 0.3) is 22.6 Å². The van der Waals surface area contributed by atoms with Crippen molar-refractivity contribution in [1.29, 1.82) is 0 Å². The van der Waals surface area contributed by atoms with Crippen LogP contribution in [0.4, 0.5) is 9.18 Å². The molecule has 5 rings (SSSR count). The zero-order chi connectivity index (χ0) is 25.8. The first kappa shape index (κ1) is 24.0. The molecule has 0 spiro atoms. The Hall–Kier alpha value is -3.72. The topological polar surface area (TPSA) is 119 Å². The molecule has 8 nitrogen and oxygen atoms in total. The van der Waals surface area contributed by atoms with Gasteiger partial charge in [0.15, 0.2) is 0 Å². The molecule has 0 bridgehead atoms. The lowest BCUT2D eigenvalue weighted by atomic mass is 9.75. The predicted octanol–water partition coefficient (Wildman–Crippen LogP) is 4.39. The van der Waals surface area contributed by atoms with Crippen LogP contribution in [-0.4, -0.2) is 52.3 Å². The minimum absolute atomic E-state index is 0.106. The van der Waals surface area contributed by atoms with E-state index in [1.54, 1.807) is 39.1 Å². The number of rotatable bonds is 4. The van der Waals surface area contributed by atoms with Gasteiger partial charge in [-0.25, -0.2) is 14.0 Å². The first-order valence-corrected chi connectivity index (χ1v) is 11.8. The molecule has 9 heteroatoms. The molecule has 3 heterocycles. The Morgan fingerprint density at radius 3 is 2.64 bits per heavy atom. The van der Waals surface area contributed by atoms with Crippen LogP contribution in [0.5, 0.6) is 0 Å². The third kappa shape index (κ3) is 4.03. The summed E-state index contributed by atoms with van der Waals surface area (Å²) in [5.74, 6) is -0.724. The van der Waals surface area contributed by atoms with Crippen molar-refractivity contribution in [3.63, 3.8) is 0 Å². The summed E-state index contributed by atoms with van der Waals surface area (Å²) in [6.07, 6.45) is 2.33. The molecule has 1 saturated heterocycles. The summed E-state index contributed by atoms with van der Waals surface area (Å²) in [6.45, 7) is 5.86. The third-order valence-electron chi connectivity index (χ3n) is 6.73. The Bertz CT molecular complexity index is 1370. The Morgan fingerprint density at radius 2 is 2.00 bits per heavy atom. The molecule has 0 saturated carbocycles. The van der Waals surface area contributed by atoms with Gasteiger partial charge >= 0.3 is 12.1 Å². The van der Waals surface area contributed by atoms with Gasteiger partial charge in [0.25, 0.3) is 0 Å². The van der Waals surface area contributed by atoms with E-state index in [4.69, 9.17) is 14.9 Å². The summed E-state index contributed by atoms with van der Waals surface area (Å²) in [4.78, 5) is 31.0. The molecule has 1 fully saturated rings. The Labute approximate surface area is 207 Å². The molecule has 0 unspecified atom stereocenters.